The maximum atomic E-state index is 4.26. The third-order valence-corrected chi connectivity index (χ3v) is 3.49. The smallest absolute Gasteiger partial charge is 0.0149 e. The van der Waals surface area contributed by atoms with E-state index in [1.54, 1.807) is 0 Å². The van der Waals surface area contributed by atoms with Gasteiger partial charge in [0, 0.05) is 0 Å². The number of aryl methyl sites for hydroxylation is 1. The SMILES string of the molecule is [CH2]c1c2c(cc3ccccc13)CCCC2. The van der Waals surface area contributed by atoms with Gasteiger partial charge in [-0.15, -0.1) is 0 Å². The molecule has 75 valence electrons. The van der Waals surface area contributed by atoms with Gasteiger partial charge in [-0.05, 0) is 60.1 Å². The molecular formula is C15H15. The molecule has 3 rings (SSSR count). The molecule has 0 saturated heterocycles. The van der Waals surface area contributed by atoms with E-state index in [-0.39, 0.29) is 0 Å². The molecule has 0 unspecified atom stereocenters. The van der Waals surface area contributed by atoms with E-state index in [2.05, 4.69) is 37.3 Å². The summed E-state index contributed by atoms with van der Waals surface area (Å²) in [6, 6.07) is 11.0. The van der Waals surface area contributed by atoms with Crippen molar-refractivity contribution in [3.8, 4) is 0 Å². The zero-order chi connectivity index (χ0) is 10.3. The minimum Gasteiger partial charge on any atom is -0.0616 e. The second-order valence-corrected chi connectivity index (χ2v) is 4.42. The van der Waals surface area contributed by atoms with Gasteiger partial charge in [0.1, 0.15) is 0 Å². The number of hydrogen-bond donors (Lipinski definition) is 0. The van der Waals surface area contributed by atoms with Crippen molar-refractivity contribution in [1.82, 2.24) is 0 Å². The summed E-state index contributed by atoms with van der Waals surface area (Å²) in [6.45, 7) is 4.26. The molecule has 0 aliphatic heterocycles. The normalized spacial score (nSPS) is 15.3. The van der Waals surface area contributed by atoms with Crippen LogP contribution in [0.3, 0.4) is 0 Å². The molecule has 1 aliphatic rings. The van der Waals surface area contributed by atoms with Gasteiger partial charge in [-0.3, -0.25) is 0 Å². The van der Waals surface area contributed by atoms with Gasteiger partial charge in [-0.2, -0.15) is 0 Å². The number of fused-ring (bicyclic) bond motifs is 2. The molecule has 0 heterocycles. The number of rotatable bonds is 0. The van der Waals surface area contributed by atoms with Gasteiger partial charge in [0.15, 0.2) is 0 Å². The van der Waals surface area contributed by atoms with E-state index in [4.69, 9.17) is 0 Å². The van der Waals surface area contributed by atoms with Gasteiger partial charge in [-0.1, -0.05) is 30.3 Å². The van der Waals surface area contributed by atoms with E-state index >= 15 is 0 Å². The Morgan fingerprint density at radius 3 is 2.73 bits per heavy atom. The van der Waals surface area contributed by atoms with Crippen LogP contribution in [-0.2, 0) is 12.8 Å². The van der Waals surface area contributed by atoms with E-state index in [1.807, 2.05) is 0 Å². The highest BCUT2D eigenvalue weighted by atomic mass is 14.2. The average Bonchev–Trinajstić information content (AvgIpc) is 2.30. The third kappa shape index (κ3) is 1.36. The van der Waals surface area contributed by atoms with Crippen LogP contribution in [0.4, 0.5) is 0 Å². The molecule has 0 spiro atoms. The maximum Gasteiger partial charge on any atom is -0.0149 e. The largest absolute Gasteiger partial charge is 0.0616 e. The van der Waals surface area contributed by atoms with E-state index in [0.29, 0.717) is 0 Å². The van der Waals surface area contributed by atoms with Gasteiger partial charge in [0.25, 0.3) is 0 Å². The summed E-state index contributed by atoms with van der Waals surface area (Å²) in [5, 5.41) is 2.68. The molecule has 0 saturated carbocycles. The highest BCUT2D eigenvalue weighted by Crippen LogP contribution is 2.30. The lowest BCUT2D eigenvalue weighted by atomic mass is 9.86. The second-order valence-electron chi connectivity index (χ2n) is 4.42. The molecule has 1 radical (unpaired) electrons. The van der Waals surface area contributed by atoms with Gasteiger partial charge in [0.2, 0.25) is 0 Å². The first-order valence-corrected chi connectivity index (χ1v) is 5.72. The first-order chi connectivity index (χ1) is 7.36. The predicted molar refractivity (Wildman–Crippen MR) is 65.0 cm³/mol. The first-order valence-electron chi connectivity index (χ1n) is 5.72. The summed E-state index contributed by atoms with van der Waals surface area (Å²) in [6.07, 6.45) is 5.13. The van der Waals surface area contributed by atoms with Gasteiger partial charge < -0.3 is 0 Å². The highest BCUT2D eigenvalue weighted by Gasteiger charge is 2.13. The van der Waals surface area contributed by atoms with E-state index in [9.17, 15) is 0 Å². The van der Waals surface area contributed by atoms with Crippen molar-refractivity contribution in [1.29, 1.82) is 0 Å². The van der Waals surface area contributed by atoms with Gasteiger partial charge in [-0.25, -0.2) is 0 Å². The Balaban J connectivity index is 2.36. The molecule has 1 aliphatic carbocycles. The lowest BCUT2D eigenvalue weighted by molar-refractivity contribution is 0.685. The Morgan fingerprint density at radius 2 is 1.80 bits per heavy atom. The Bertz CT molecular complexity index is 509. The van der Waals surface area contributed by atoms with Crippen LogP contribution in [0.1, 0.15) is 29.5 Å². The van der Waals surface area contributed by atoms with Crippen LogP contribution < -0.4 is 0 Å². The molecule has 2 aromatic rings. The lowest BCUT2D eigenvalue weighted by Gasteiger charge is -2.19. The molecule has 0 nitrogen and oxygen atoms in total. The van der Waals surface area contributed by atoms with Gasteiger partial charge >= 0.3 is 0 Å². The van der Waals surface area contributed by atoms with Crippen LogP contribution in [0.25, 0.3) is 10.8 Å². The fourth-order valence-electron chi connectivity index (χ4n) is 2.68. The topological polar surface area (TPSA) is 0 Å². The zero-order valence-electron chi connectivity index (χ0n) is 8.92. The minimum absolute atomic E-state index is 1.22. The standard InChI is InChI=1S/C15H15/c1-11-14-8-4-2-6-12(14)10-13-7-3-5-9-15(11)13/h2,4,6,8,10H,1,3,5,7,9H2. The summed E-state index contributed by atoms with van der Waals surface area (Å²) in [7, 11) is 0. The van der Waals surface area contributed by atoms with E-state index in [0.717, 1.165) is 0 Å². The summed E-state index contributed by atoms with van der Waals surface area (Å²) < 4.78 is 0. The van der Waals surface area contributed by atoms with Crippen LogP contribution >= 0.6 is 0 Å². The van der Waals surface area contributed by atoms with Gasteiger partial charge in [0.05, 0.1) is 0 Å². The van der Waals surface area contributed by atoms with Crippen molar-refractivity contribution in [2.45, 2.75) is 25.7 Å². The number of benzene rings is 2. The Labute approximate surface area is 90.9 Å². The maximum absolute atomic E-state index is 4.26. The Morgan fingerprint density at radius 1 is 1.00 bits per heavy atom. The van der Waals surface area contributed by atoms with Crippen LogP contribution in [0.5, 0.6) is 0 Å². The lowest BCUT2D eigenvalue weighted by Crippen LogP contribution is -2.05. The molecule has 15 heavy (non-hydrogen) atoms. The Hall–Kier alpha value is -1.30. The summed E-state index contributed by atoms with van der Waals surface area (Å²) in [5.41, 5.74) is 4.31. The van der Waals surface area contributed by atoms with Crippen molar-refractivity contribution in [2.24, 2.45) is 0 Å². The predicted octanol–water partition coefficient (Wildman–Crippen LogP) is 3.90. The molecule has 2 aromatic carbocycles. The zero-order valence-corrected chi connectivity index (χ0v) is 8.92. The number of hydrogen-bond acceptors (Lipinski definition) is 0. The molecule has 0 atom stereocenters. The van der Waals surface area contributed by atoms with Crippen LogP contribution in [0.2, 0.25) is 0 Å². The summed E-state index contributed by atoms with van der Waals surface area (Å²) in [5.74, 6) is 0. The molecular weight excluding hydrogens is 180 g/mol. The minimum atomic E-state index is 1.22. The fourth-order valence-corrected chi connectivity index (χ4v) is 2.68. The van der Waals surface area contributed by atoms with E-state index in [1.165, 1.54) is 53.1 Å². The average molecular weight is 195 g/mol. The van der Waals surface area contributed by atoms with Crippen LogP contribution in [-0.4, -0.2) is 0 Å². The molecule has 0 heteroatoms. The quantitative estimate of drug-likeness (QED) is 0.598. The third-order valence-electron chi connectivity index (χ3n) is 3.49. The van der Waals surface area contributed by atoms with Crippen molar-refractivity contribution >= 4 is 10.8 Å². The highest BCUT2D eigenvalue weighted by molar-refractivity contribution is 5.88. The molecule has 0 N–H and O–H groups in total. The summed E-state index contributed by atoms with van der Waals surface area (Å²) in [4.78, 5) is 0. The molecule has 0 fully saturated rings. The fraction of sp³-hybridized carbons (Fsp3) is 0.267. The first kappa shape index (κ1) is 8.96. The summed E-state index contributed by atoms with van der Waals surface area (Å²) >= 11 is 0. The van der Waals surface area contributed by atoms with Crippen molar-refractivity contribution in [3.63, 3.8) is 0 Å². The van der Waals surface area contributed by atoms with Crippen LogP contribution in [0.15, 0.2) is 30.3 Å². The molecule has 0 amide bonds. The van der Waals surface area contributed by atoms with E-state index < -0.39 is 0 Å². The molecule has 0 bridgehead atoms. The second kappa shape index (κ2) is 3.37. The van der Waals surface area contributed by atoms with Crippen molar-refractivity contribution < 1.29 is 0 Å². The van der Waals surface area contributed by atoms with Crippen molar-refractivity contribution in [3.05, 3.63) is 53.9 Å². The van der Waals surface area contributed by atoms with Crippen molar-refractivity contribution in [2.75, 3.05) is 0 Å². The monoisotopic (exact) mass is 195 g/mol. The van der Waals surface area contributed by atoms with Crippen LogP contribution in [0, 0.1) is 6.92 Å². The molecule has 0 aromatic heterocycles. The Kier molecular flexibility index (Phi) is 2.02.